The Morgan fingerprint density at radius 3 is 2.75 bits per heavy atom. The number of hydrogen-bond acceptors (Lipinski definition) is 3. The van der Waals surface area contributed by atoms with E-state index in [4.69, 9.17) is 9.72 Å². The first kappa shape index (κ1) is 15.7. The summed E-state index contributed by atoms with van der Waals surface area (Å²) in [5.41, 5.74) is 0.244. The minimum atomic E-state index is -0.443. The lowest BCUT2D eigenvalue weighted by molar-refractivity contribution is -0.0649. The number of nitrogens with zero attached hydrogens (tertiary/aromatic N) is 1. The first-order chi connectivity index (χ1) is 9.39. The molecule has 4 nitrogen and oxygen atoms in total. The number of methoxy groups -OCH3 is 1. The molecule has 1 saturated carbocycles. The maximum atomic E-state index is 12.1. The van der Waals surface area contributed by atoms with Gasteiger partial charge in [0.2, 0.25) is 0 Å². The molecule has 1 fully saturated rings. The summed E-state index contributed by atoms with van der Waals surface area (Å²) in [7, 11) is 1.72. The number of H-pyrrole nitrogens is 1. The van der Waals surface area contributed by atoms with Crippen LogP contribution in [0.2, 0.25) is 0 Å². The van der Waals surface area contributed by atoms with Crippen molar-refractivity contribution in [2.75, 3.05) is 7.11 Å². The summed E-state index contributed by atoms with van der Waals surface area (Å²) in [4.78, 5) is 19.8. The van der Waals surface area contributed by atoms with Crippen LogP contribution in [0.25, 0.3) is 0 Å². The van der Waals surface area contributed by atoms with Crippen LogP contribution < -0.4 is 5.56 Å². The second-order valence-corrected chi connectivity index (χ2v) is 6.96. The predicted octanol–water partition coefficient (Wildman–Crippen LogP) is 3.71. The Hall–Kier alpha value is -0.680. The molecular formula is C15H23BrN2O2. The Balaban J connectivity index is 2.52. The zero-order valence-corrected chi connectivity index (χ0v) is 14.2. The van der Waals surface area contributed by atoms with Crippen LogP contribution in [0.15, 0.2) is 9.27 Å². The lowest BCUT2D eigenvalue weighted by Crippen LogP contribution is -2.38. The standard InChI is InChI=1S/C15H23BrN2O2/c1-9(2)12-11(16)13(19)18-14(17-12)15(20-4)7-5-6-10(3)8-15/h9-10H,5-8H2,1-4H3,(H,17,18,19). The first-order valence-corrected chi connectivity index (χ1v) is 8.04. The number of nitrogens with one attached hydrogen (secondary N) is 1. The zero-order valence-electron chi connectivity index (χ0n) is 12.6. The van der Waals surface area contributed by atoms with Gasteiger partial charge in [0, 0.05) is 7.11 Å². The maximum Gasteiger partial charge on any atom is 0.265 e. The molecule has 0 aromatic carbocycles. The number of aromatic amines is 1. The molecule has 0 amide bonds. The summed E-state index contributed by atoms with van der Waals surface area (Å²) in [6.45, 7) is 6.31. The Morgan fingerprint density at radius 2 is 2.20 bits per heavy atom. The van der Waals surface area contributed by atoms with Gasteiger partial charge in [-0.25, -0.2) is 4.98 Å². The number of ether oxygens (including phenoxy) is 1. The van der Waals surface area contributed by atoms with E-state index in [1.165, 1.54) is 6.42 Å². The third-order valence-electron chi connectivity index (χ3n) is 4.21. The van der Waals surface area contributed by atoms with Gasteiger partial charge in [0.15, 0.2) is 0 Å². The largest absolute Gasteiger partial charge is 0.370 e. The Morgan fingerprint density at radius 1 is 1.50 bits per heavy atom. The topological polar surface area (TPSA) is 55.0 Å². The summed E-state index contributed by atoms with van der Waals surface area (Å²) >= 11 is 3.34. The Labute approximate surface area is 128 Å². The summed E-state index contributed by atoms with van der Waals surface area (Å²) in [5.74, 6) is 1.46. The second-order valence-electron chi connectivity index (χ2n) is 6.17. The van der Waals surface area contributed by atoms with E-state index in [1.807, 2.05) is 13.8 Å². The SMILES string of the molecule is COC1(c2nc(C(C)C)c(Br)c(=O)[nH]2)CCCC(C)C1. The quantitative estimate of drug-likeness (QED) is 0.910. The number of aromatic nitrogens is 2. The minimum absolute atomic E-state index is 0.117. The highest BCUT2D eigenvalue weighted by Crippen LogP contribution is 2.41. The lowest BCUT2D eigenvalue weighted by Gasteiger charge is -2.38. The number of rotatable bonds is 3. The molecule has 2 rings (SSSR count). The highest BCUT2D eigenvalue weighted by atomic mass is 79.9. The number of hydrogen-bond donors (Lipinski definition) is 1. The molecule has 0 saturated heterocycles. The van der Waals surface area contributed by atoms with Gasteiger partial charge in [-0.1, -0.05) is 27.2 Å². The molecule has 1 aliphatic rings. The van der Waals surface area contributed by atoms with Crippen molar-refractivity contribution >= 4 is 15.9 Å². The van der Waals surface area contributed by atoms with Crippen LogP contribution in [0.1, 0.15) is 63.9 Å². The van der Waals surface area contributed by atoms with E-state index >= 15 is 0 Å². The minimum Gasteiger partial charge on any atom is -0.370 e. The van der Waals surface area contributed by atoms with Crippen molar-refractivity contribution < 1.29 is 4.74 Å². The zero-order chi connectivity index (χ0) is 14.9. The van der Waals surface area contributed by atoms with Crippen LogP contribution in [0.3, 0.4) is 0 Å². The van der Waals surface area contributed by atoms with E-state index in [0.717, 1.165) is 25.0 Å². The fourth-order valence-corrected chi connectivity index (χ4v) is 3.72. The first-order valence-electron chi connectivity index (χ1n) is 7.25. The average Bonchev–Trinajstić information content (AvgIpc) is 2.41. The Bertz CT molecular complexity index is 541. The highest BCUT2D eigenvalue weighted by molar-refractivity contribution is 9.10. The van der Waals surface area contributed by atoms with Crippen LogP contribution in [-0.2, 0) is 10.3 Å². The lowest BCUT2D eigenvalue weighted by atomic mass is 9.78. The van der Waals surface area contributed by atoms with E-state index in [9.17, 15) is 4.79 Å². The average molecular weight is 343 g/mol. The van der Waals surface area contributed by atoms with Gasteiger partial charge in [0.05, 0.1) is 5.69 Å². The predicted molar refractivity (Wildman–Crippen MR) is 83.0 cm³/mol. The van der Waals surface area contributed by atoms with Gasteiger partial charge in [-0.2, -0.15) is 0 Å². The molecule has 1 aliphatic carbocycles. The van der Waals surface area contributed by atoms with Crippen LogP contribution in [-0.4, -0.2) is 17.1 Å². The van der Waals surface area contributed by atoms with Gasteiger partial charge in [0.25, 0.3) is 5.56 Å². The van der Waals surface area contributed by atoms with E-state index in [-0.39, 0.29) is 11.5 Å². The second kappa shape index (κ2) is 5.98. The molecule has 1 aromatic rings. The van der Waals surface area contributed by atoms with E-state index < -0.39 is 5.60 Å². The molecule has 112 valence electrons. The van der Waals surface area contributed by atoms with E-state index in [2.05, 4.69) is 27.8 Å². The van der Waals surface area contributed by atoms with Crippen molar-refractivity contribution in [3.05, 3.63) is 26.3 Å². The van der Waals surface area contributed by atoms with Gasteiger partial charge in [0.1, 0.15) is 15.9 Å². The van der Waals surface area contributed by atoms with Crippen LogP contribution in [0.5, 0.6) is 0 Å². The van der Waals surface area contributed by atoms with Crippen molar-refractivity contribution in [2.24, 2.45) is 5.92 Å². The van der Waals surface area contributed by atoms with Crippen molar-refractivity contribution in [1.29, 1.82) is 0 Å². The van der Waals surface area contributed by atoms with Crippen LogP contribution in [0, 0.1) is 5.92 Å². The van der Waals surface area contributed by atoms with Crippen molar-refractivity contribution in [3.63, 3.8) is 0 Å². The molecule has 1 N–H and O–H groups in total. The summed E-state index contributed by atoms with van der Waals surface area (Å²) < 4.78 is 6.35. The van der Waals surface area contributed by atoms with Gasteiger partial charge in [-0.3, -0.25) is 4.79 Å². The van der Waals surface area contributed by atoms with Crippen molar-refractivity contribution in [1.82, 2.24) is 9.97 Å². The van der Waals surface area contributed by atoms with Gasteiger partial charge in [-0.15, -0.1) is 0 Å². The molecule has 5 heteroatoms. The van der Waals surface area contributed by atoms with Gasteiger partial charge in [-0.05, 0) is 47.0 Å². The molecule has 1 aromatic heterocycles. The smallest absolute Gasteiger partial charge is 0.265 e. The van der Waals surface area contributed by atoms with E-state index in [1.54, 1.807) is 7.11 Å². The van der Waals surface area contributed by atoms with Gasteiger partial charge < -0.3 is 9.72 Å². The third kappa shape index (κ3) is 2.84. The molecular weight excluding hydrogens is 320 g/mol. The van der Waals surface area contributed by atoms with Crippen molar-refractivity contribution in [2.45, 2.75) is 58.0 Å². The summed E-state index contributed by atoms with van der Waals surface area (Å²) in [5, 5.41) is 0. The molecule has 20 heavy (non-hydrogen) atoms. The normalized spacial score (nSPS) is 27.0. The molecule has 2 atom stereocenters. The van der Waals surface area contributed by atoms with Crippen LogP contribution >= 0.6 is 15.9 Å². The van der Waals surface area contributed by atoms with Crippen LogP contribution in [0.4, 0.5) is 0 Å². The fraction of sp³-hybridized carbons (Fsp3) is 0.733. The summed E-state index contributed by atoms with van der Waals surface area (Å²) in [6, 6.07) is 0. The van der Waals surface area contributed by atoms with Crippen molar-refractivity contribution in [3.8, 4) is 0 Å². The fourth-order valence-electron chi connectivity index (χ4n) is 3.07. The Kier molecular flexibility index (Phi) is 4.69. The molecule has 0 bridgehead atoms. The highest BCUT2D eigenvalue weighted by Gasteiger charge is 2.39. The molecule has 2 unspecified atom stereocenters. The molecule has 0 radical (unpaired) electrons. The monoisotopic (exact) mass is 342 g/mol. The number of halogens is 1. The maximum absolute atomic E-state index is 12.1. The van der Waals surface area contributed by atoms with Gasteiger partial charge >= 0.3 is 0 Å². The molecule has 0 spiro atoms. The third-order valence-corrected chi connectivity index (χ3v) is 4.98. The molecule has 1 heterocycles. The molecule has 0 aliphatic heterocycles. The summed E-state index contributed by atoms with van der Waals surface area (Å²) in [6.07, 6.45) is 4.14. The van der Waals surface area contributed by atoms with E-state index in [0.29, 0.717) is 16.2 Å².